The van der Waals surface area contributed by atoms with Crippen molar-refractivity contribution in [2.24, 2.45) is 0 Å². The van der Waals surface area contributed by atoms with E-state index in [9.17, 15) is 0 Å². The van der Waals surface area contributed by atoms with Gasteiger partial charge in [0.25, 0.3) is 0 Å². The minimum atomic E-state index is 0.234. The molecule has 1 N–H and O–H groups in total. The van der Waals surface area contributed by atoms with E-state index in [2.05, 4.69) is 49.9 Å². The molecule has 1 aromatic carbocycles. The Balaban J connectivity index is 2.60. The highest BCUT2D eigenvalue weighted by Gasteiger charge is 2.03. The molecule has 0 amide bonds. The molecule has 16 heavy (non-hydrogen) atoms. The van der Waals surface area contributed by atoms with Crippen LogP contribution in [0, 0.1) is 0 Å². The Morgan fingerprint density at radius 3 is 2.25 bits per heavy atom. The standard InChI is InChI=1S/C14H23NO/c1-4-15(9-10-16)11-13-5-7-14(8-6-13)12(2)3/h5-8,12,16H,4,9-11H2,1-3H3. The van der Waals surface area contributed by atoms with Crippen molar-refractivity contribution >= 4 is 0 Å². The van der Waals surface area contributed by atoms with Gasteiger partial charge in [-0.2, -0.15) is 0 Å². The first-order valence-corrected chi connectivity index (χ1v) is 6.09. The smallest absolute Gasteiger partial charge is 0.0558 e. The van der Waals surface area contributed by atoms with Gasteiger partial charge in [-0.05, 0) is 23.6 Å². The Morgan fingerprint density at radius 2 is 1.81 bits per heavy atom. The van der Waals surface area contributed by atoms with E-state index in [1.165, 1.54) is 11.1 Å². The van der Waals surface area contributed by atoms with Gasteiger partial charge in [-0.15, -0.1) is 0 Å². The van der Waals surface area contributed by atoms with E-state index in [-0.39, 0.29) is 6.61 Å². The third-order valence-electron chi connectivity index (χ3n) is 2.92. The highest BCUT2D eigenvalue weighted by Crippen LogP contribution is 2.15. The zero-order chi connectivity index (χ0) is 12.0. The number of aliphatic hydroxyl groups excluding tert-OH is 1. The third kappa shape index (κ3) is 3.95. The fourth-order valence-corrected chi connectivity index (χ4v) is 1.76. The lowest BCUT2D eigenvalue weighted by atomic mass is 10.0. The third-order valence-corrected chi connectivity index (χ3v) is 2.92. The Labute approximate surface area is 98.9 Å². The summed E-state index contributed by atoms with van der Waals surface area (Å²) in [6.07, 6.45) is 0. The highest BCUT2D eigenvalue weighted by atomic mass is 16.3. The van der Waals surface area contributed by atoms with E-state index in [4.69, 9.17) is 5.11 Å². The van der Waals surface area contributed by atoms with Crippen LogP contribution >= 0.6 is 0 Å². The molecule has 0 spiro atoms. The molecule has 2 heteroatoms. The Morgan fingerprint density at radius 1 is 1.19 bits per heavy atom. The average molecular weight is 221 g/mol. The molecular formula is C14H23NO. The van der Waals surface area contributed by atoms with E-state index in [1.807, 2.05) is 0 Å². The van der Waals surface area contributed by atoms with Gasteiger partial charge in [0.05, 0.1) is 6.61 Å². The van der Waals surface area contributed by atoms with Crippen molar-refractivity contribution in [3.05, 3.63) is 35.4 Å². The number of nitrogens with zero attached hydrogens (tertiary/aromatic N) is 1. The molecule has 0 fully saturated rings. The van der Waals surface area contributed by atoms with Crippen LogP contribution in [0.5, 0.6) is 0 Å². The van der Waals surface area contributed by atoms with Crippen LogP contribution in [0.2, 0.25) is 0 Å². The first kappa shape index (κ1) is 13.2. The van der Waals surface area contributed by atoms with E-state index in [0.717, 1.165) is 19.6 Å². The first-order valence-electron chi connectivity index (χ1n) is 6.09. The van der Waals surface area contributed by atoms with E-state index in [0.29, 0.717) is 5.92 Å². The van der Waals surface area contributed by atoms with Crippen LogP contribution in [0.4, 0.5) is 0 Å². The van der Waals surface area contributed by atoms with Crippen molar-refractivity contribution in [1.82, 2.24) is 4.90 Å². The maximum Gasteiger partial charge on any atom is 0.0558 e. The van der Waals surface area contributed by atoms with E-state index < -0.39 is 0 Å². The van der Waals surface area contributed by atoms with Crippen molar-refractivity contribution in [1.29, 1.82) is 0 Å². The van der Waals surface area contributed by atoms with Gasteiger partial charge in [0.15, 0.2) is 0 Å². The average Bonchev–Trinajstić information content (AvgIpc) is 2.29. The summed E-state index contributed by atoms with van der Waals surface area (Å²) in [5.41, 5.74) is 2.70. The Kier molecular flexibility index (Phi) is 5.50. The number of hydrogen-bond donors (Lipinski definition) is 1. The van der Waals surface area contributed by atoms with E-state index >= 15 is 0 Å². The molecule has 0 radical (unpaired) electrons. The molecule has 90 valence electrons. The minimum absolute atomic E-state index is 0.234. The van der Waals surface area contributed by atoms with E-state index in [1.54, 1.807) is 0 Å². The summed E-state index contributed by atoms with van der Waals surface area (Å²) < 4.78 is 0. The van der Waals surface area contributed by atoms with Crippen LogP contribution in [0.3, 0.4) is 0 Å². The summed E-state index contributed by atoms with van der Waals surface area (Å²) in [6.45, 7) is 9.43. The molecule has 0 unspecified atom stereocenters. The molecule has 0 saturated carbocycles. The monoisotopic (exact) mass is 221 g/mol. The van der Waals surface area contributed by atoms with Gasteiger partial charge in [-0.3, -0.25) is 4.90 Å². The molecule has 1 aromatic rings. The van der Waals surface area contributed by atoms with Gasteiger partial charge in [0, 0.05) is 13.1 Å². The Bertz CT molecular complexity index is 292. The summed E-state index contributed by atoms with van der Waals surface area (Å²) in [5, 5.41) is 8.92. The molecule has 0 aliphatic heterocycles. The van der Waals surface area contributed by atoms with Crippen LogP contribution in [-0.4, -0.2) is 29.7 Å². The molecule has 0 heterocycles. The predicted molar refractivity (Wildman–Crippen MR) is 68.6 cm³/mol. The lowest BCUT2D eigenvalue weighted by Crippen LogP contribution is -2.26. The van der Waals surface area contributed by atoms with Gasteiger partial charge in [-0.1, -0.05) is 45.0 Å². The molecular weight excluding hydrogens is 198 g/mol. The second-order valence-electron chi connectivity index (χ2n) is 4.49. The number of likely N-dealkylation sites (N-methyl/N-ethyl adjacent to an activating group) is 1. The molecule has 0 saturated heterocycles. The van der Waals surface area contributed by atoms with Crippen LogP contribution in [0.25, 0.3) is 0 Å². The maximum atomic E-state index is 8.92. The number of rotatable bonds is 6. The van der Waals surface area contributed by atoms with Crippen molar-refractivity contribution < 1.29 is 5.11 Å². The molecule has 0 aliphatic carbocycles. The number of benzene rings is 1. The molecule has 0 bridgehead atoms. The van der Waals surface area contributed by atoms with Crippen molar-refractivity contribution in [3.63, 3.8) is 0 Å². The molecule has 0 aromatic heterocycles. The summed E-state index contributed by atoms with van der Waals surface area (Å²) in [7, 11) is 0. The molecule has 0 aliphatic rings. The molecule has 2 nitrogen and oxygen atoms in total. The molecule has 1 rings (SSSR count). The normalized spacial score (nSPS) is 11.4. The summed E-state index contributed by atoms with van der Waals surface area (Å²) in [6, 6.07) is 8.78. The predicted octanol–water partition coefficient (Wildman–Crippen LogP) is 2.62. The lowest BCUT2D eigenvalue weighted by molar-refractivity contribution is 0.197. The largest absolute Gasteiger partial charge is 0.395 e. The zero-order valence-electron chi connectivity index (χ0n) is 10.6. The van der Waals surface area contributed by atoms with Gasteiger partial charge < -0.3 is 5.11 Å². The number of hydrogen-bond acceptors (Lipinski definition) is 2. The van der Waals surface area contributed by atoms with Crippen LogP contribution in [-0.2, 0) is 6.54 Å². The Hall–Kier alpha value is -0.860. The van der Waals surface area contributed by atoms with Gasteiger partial charge in [-0.25, -0.2) is 0 Å². The van der Waals surface area contributed by atoms with Gasteiger partial charge >= 0.3 is 0 Å². The minimum Gasteiger partial charge on any atom is -0.395 e. The summed E-state index contributed by atoms with van der Waals surface area (Å²) >= 11 is 0. The van der Waals surface area contributed by atoms with Gasteiger partial charge in [0.2, 0.25) is 0 Å². The van der Waals surface area contributed by atoms with Crippen molar-refractivity contribution in [2.75, 3.05) is 19.7 Å². The second-order valence-corrected chi connectivity index (χ2v) is 4.49. The van der Waals surface area contributed by atoms with Crippen molar-refractivity contribution in [2.45, 2.75) is 33.2 Å². The fourth-order valence-electron chi connectivity index (χ4n) is 1.76. The van der Waals surface area contributed by atoms with Crippen LogP contribution in [0.1, 0.15) is 37.8 Å². The second kappa shape index (κ2) is 6.66. The lowest BCUT2D eigenvalue weighted by Gasteiger charge is -2.19. The van der Waals surface area contributed by atoms with Crippen molar-refractivity contribution in [3.8, 4) is 0 Å². The van der Waals surface area contributed by atoms with Crippen LogP contribution < -0.4 is 0 Å². The van der Waals surface area contributed by atoms with Crippen LogP contribution in [0.15, 0.2) is 24.3 Å². The highest BCUT2D eigenvalue weighted by molar-refractivity contribution is 5.24. The quantitative estimate of drug-likeness (QED) is 0.798. The van der Waals surface area contributed by atoms with Gasteiger partial charge in [0.1, 0.15) is 0 Å². The first-order chi connectivity index (χ1) is 7.67. The SMILES string of the molecule is CCN(CCO)Cc1ccc(C(C)C)cc1. The summed E-state index contributed by atoms with van der Waals surface area (Å²) in [4.78, 5) is 2.24. The molecule has 0 atom stereocenters. The summed E-state index contributed by atoms with van der Waals surface area (Å²) in [5.74, 6) is 0.591. The number of aliphatic hydroxyl groups is 1. The maximum absolute atomic E-state index is 8.92. The topological polar surface area (TPSA) is 23.5 Å². The zero-order valence-corrected chi connectivity index (χ0v) is 10.6. The fraction of sp³-hybridized carbons (Fsp3) is 0.571.